The van der Waals surface area contributed by atoms with Gasteiger partial charge in [0.15, 0.2) is 9.84 Å². The number of carbonyl (C=O) groups is 1. The highest BCUT2D eigenvalue weighted by atomic mass is 32.2. The van der Waals surface area contributed by atoms with Gasteiger partial charge in [0.2, 0.25) is 5.88 Å². The maximum absolute atomic E-state index is 12.7. The zero-order valence-corrected chi connectivity index (χ0v) is 16.3. The third kappa shape index (κ3) is 7.90. The highest BCUT2D eigenvalue weighted by molar-refractivity contribution is 7.93. The van der Waals surface area contributed by atoms with Crippen LogP contribution in [0.25, 0.3) is 0 Å². The second-order valence-electron chi connectivity index (χ2n) is 6.13. The summed E-state index contributed by atoms with van der Waals surface area (Å²) in [6.07, 6.45) is -2.72. The lowest BCUT2D eigenvalue weighted by atomic mass is 10.2. The number of halogens is 3. The molecule has 1 atom stereocenters. The number of sulfone groups is 1. The normalized spacial score (nSPS) is 13.3. The van der Waals surface area contributed by atoms with Crippen LogP contribution in [-0.2, 0) is 16.3 Å². The van der Waals surface area contributed by atoms with Gasteiger partial charge in [0.25, 0.3) is 5.91 Å². The van der Waals surface area contributed by atoms with Gasteiger partial charge in [-0.05, 0) is 19.1 Å². The Balaban J connectivity index is 2.31. The topological polar surface area (TPSA) is 98.2 Å². The fraction of sp³-hybridized carbons (Fsp3) is 0.278. The van der Waals surface area contributed by atoms with E-state index in [1.807, 2.05) is 0 Å². The molecule has 11 heteroatoms. The molecule has 29 heavy (non-hydrogen) atoms. The van der Waals surface area contributed by atoms with Crippen molar-refractivity contribution in [3.05, 3.63) is 59.4 Å². The van der Waals surface area contributed by atoms with E-state index in [-0.39, 0.29) is 17.2 Å². The Morgan fingerprint density at radius 3 is 2.52 bits per heavy atom. The van der Waals surface area contributed by atoms with Crippen LogP contribution in [0.3, 0.4) is 0 Å². The van der Waals surface area contributed by atoms with Crippen molar-refractivity contribution in [2.45, 2.75) is 25.6 Å². The van der Waals surface area contributed by atoms with E-state index in [1.54, 1.807) is 30.3 Å². The first-order valence-corrected chi connectivity index (χ1v) is 10.2. The number of alkyl halides is 3. The Hall–Kier alpha value is -2.95. The zero-order chi connectivity index (χ0) is 21.7. The Kier molecular flexibility index (Phi) is 6.96. The predicted octanol–water partition coefficient (Wildman–Crippen LogP) is 3.05. The average Bonchev–Trinajstić information content (AvgIpc) is 2.59. The standard InChI is InChI=1S/C18H18F3N3O4S/c1-12(8-9-29(2,26)27)23-16(25)14-11-22-15(10-18(19,20)21)24-17(14)28-13-6-4-3-5-7-13/h3-9,11-12H,10H2,1-2H3,(H,23,25). The molecular weight excluding hydrogens is 411 g/mol. The molecule has 1 unspecified atom stereocenters. The van der Waals surface area contributed by atoms with E-state index in [0.29, 0.717) is 0 Å². The van der Waals surface area contributed by atoms with Crippen molar-refractivity contribution in [1.82, 2.24) is 15.3 Å². The third-order valence-electron chi connectivity index (χ3n) is 3.34. The molecule has 1 aromatic carbocycles. The van der Waals surface area contributed by atoms with Crippen molar-refractivity contribution in [3.8, 4) is 11.6 Å². The lowest BCUT2D eigenvalue weighted by molar-refractivity contribution is -0.128. The molecule has 0 aliphatic rings. The monoisotopic (exact) mass is 429 g/mol. The number of nitrogens with one attached hydrogen (secondary N) is 1. The lowest BCUT2D eigenvalue weighted by Gasteiger charge is -2.14. The van der Waals surface area contributed by atoms with Crippen LogP contribution in [0.4, 0.5) is 13.2 Å². The Morgan fingerprint density at radius 1 is 1.28 bits per heavy atom. The molecule has 2 rings (SSSR count). The van der Waals surface area contributed by atoms with Crippen molar-refractivity contribution < 1.29 is 31.1 Å². The summed E-state index contributed by atoms with van der Waals surface area (Å²) in [5.74, 6) is -1.37. The van der Waals surface area contributed by atoms with Crippen LogP contribution < -0.4 is 10.1 Å². The first kappa shape index (κ1) is 22.3. The first-order valence-electron chi connectivity index (χ1n) is 8.27. The smallest absolute Gasteiger partial charge is 0.396 e. The largest absolute Gasteiger partial charge is 0.438 e. The van der Waals surface area contributed by atoms with E-state index in [1.165, 1.54) is 13.0 Å². The summed E-state index contributed by atoms with van der Waals surface area (Å²) in [5.41, 5.74) is -0.195. The molecule has 156 valence electrons. The molecule has 7 nitrogen and oxygen atoms in total. The molecule has 0 radical (unpaired) electrons. The van der Waals surface area contributed by atoms with Crippen LogP contribution >= 0.6 is 0 Å². The number of ether oxygens (including phenoxy) is 1. The van der Waals surface area contributed by atoms with Crippen molar-refractivity contribution in [2.24, 2.45) is 0 Å². The summed E-state index contributed by atoms with van der Waals surface area (Å²) >= 11 is 0. The second kappa shape index (κ2) is 9.03. The van der Waals surface area contributed by atoms with Crippen LogP contribution in [0.2, 0.25) is 0 Å². The number of amides is 1. The van der Waals surface area contributed by atoms with Gasteiger partial charge in [-0.15, -0.1) is 0 Å². The van der Waals surface area contributed by atoms with Crippen LogP contribution in [0, 0.1) is 0 Å². The van der Waals surface area contributed by atoms with Gasteiger partial charge in [-0.1, -0.05) is 24.3 Å². The molecule has 1 heterocycles. The highest BCUT2D eigenvalue weighted by Crippen LogP contribution is 2.25. The Labute approximate surface area is 165 Å². The van der Waals surface area contributed by atoms with Gasteiger partial charge in [0.05, 0.1) is 0 Å². The summed E-state index contributed by atoms with van der Waals surface area (Å²) in [4.78, 5) is 19.8. The van der Waals surface area contributed by atoms with E-state index in [9.17, 15) is 26.4 Å². The molecular formula is C18H18F3N3O4S. The maximum Gasteiger partial charge on any atom is 0.396 e. The molecule has 0 aliphatic heterocycles. The molecule has 0 fully saturated rings. The molecule has 0 bridgehead atoms. The van der Waals surface area contributed by atoms with Crippen molar-refractivity contribution >= 4 is 15.7 Å². The van der Waals surface area contributed by atoms with E-state index in [2.05, 4.69) is 15.3 Å². The third-order valence-corrected chi connectivity index (χ3v) is 3.99. The molecule has 0 saturated heterocycles. The number of para-hydroxylation sites is 1. The van der Waals surface area contributed by atoms with Gasteiger partial charge in [0.1, 0.15) is 23.6 Å². The lowest BCUT2D eigenvalue weighted by Crippen LogP contribution is -2.32. The van der Waals surface area contributed by atoms with E-state index >= 15 is 0 Å². The van der Waals surface area contributed by atoms with Gasteiger partial charge < -0.3 is 10.1 Å². The quantitative estimate of drug-likeness (QED) is 0.727. The Bertz CT molecular complexity index is 993. The summed E-state index contributed by atoms with van der Waals surface area (Å²) in [7, 11) is -3.38. The second-order valence-corrected chi connectivity index (χ2v) is 8.06. The van der Waals surface area contributed by atoms with Crippen LogP contribution in [0.5, 0.6) is 11.6 Å². The number of nitrogens with zero attached hydrogens (tertiary/aromatic N) is 2. The molecule has 0 spiro atoms. The van der Waals surface area contributed by atoms with Crippen molar-refractivity contribution in [1.29, 1.82) is 0 Å². The fourth-order valence-corrected chi connectivity index (χ4v) is 2.61. The van der Waals surface area contributed by atoms with E-state index in [4.69, 9.17) is 4.74 Å². The van der Waals surface area contributed by atoms with Gasteiger partial charge in [0, 0.05) is 23.9 Å². The summed E-state index contributed by atoms with van der Waals surface area (Å²) < 4.78 is 65.8. The summed E-state index contributed by atoms with van der Waals surface area (Å²) in [5, 5.41) is 3.42. The highest BCUT2D eigenvalue weighted by Gasteiger charge is 2.30. The minimum Gasteiger partial charge on any atom is -0.438 e. The molecule has 1 aromatic heterocycles. The predicted molar refractivity (Wildman–Crippen MR) is 99.2 cm³/mol. The molecule has 1 amide bonds. The van der Waals surface area contributed by atoms with Crippen LogP contribution in [0.15, 0.2) is 48.0 Å². The van der Waals surface area contributed by atoms with Gasteiger partial charge >= 0.3 is 6.18 Å². The van der Waals surface area contributed by atoms with Gasteiger partial charge in [-0.3, -0.25) is 4.79 Å². The molecule has 1 N–H and O–H groups in total. The van der Waals surface area contributed by atoms with E-state index < -0.39 is 40.2 Å². The van der Waals surface area contributed by atoms with Crippen molar-refractivity contribution in [2.75, 3.05) is 6.26 Å². The number of carbonyl (C=O) groups excluding carboxylic acids is 1. The number of aromatic nitrogens is 2. The first-order chi connectivity index (χ1) is 13.4. The van der Waals surface area contributed by atoms with Crippen LogP contribution in [-0.4, -0.2) is 42.8 Å². The summed E-state index contributed by atoms with van der Waals surface area (Å²) in [6.45, 7) is 1.52. The average molecular weight is 429 g/mol. The molecule has 2 aromatic rings. The van der Waals surface area contributed by atoms with Crippen LogP contribution in [0.1, 0.15) is 23.1 Å². The van der Waals surface area contributed by atoms with Gasteiger partial charge in [-0.25, -0.2) is 13.4 Å². The number of rotatable bonds is 7. The minimum absolute atomic E-state index is 0.195. The van der Waals surface area contributed by atoms with E-state index in [0.717, 1.165) is 17.9 Å². The molecule has 0 saturated carbocycles. The number of benzene rings is 1. The number of hydrogen-bond donors (Lipinski definition) is 1. The number of hydrogen-bond acceptors (Lipinski definition) is 6. The Morgan fingerprint density at radius 2 is 1.93 bits per heavy atom. The minimum atomic E-state index is -4.53. The maximum atomic E-state index is 12.7. The molecule has 0 aliphatic carbocycles. The zero-order valence-electron chi connectivity index (χ0n) is 15.5. The SMILES string of the molecule is CC(C=CS(C)(=O)=O)NC(=O)c1cnc(CC(F)(F)F)nc1Oc1ccccc1. The van der Waals surface area contributed by atoms with Gasteiger partial charge in [-0.2, -0.15) is 18.2 Å². The van der Waals surface area contributed by atoms with Crippen molar-refractivity contribution in [3.63, 3.8) is 0 Å². The fourth-order valence-electron chi connectivity index (χ4n) is 2.09. The summed E-state index contributed by atoms with van der Waals surface area (Å²) in [6, 6.07) is 7.41.